The van der Waals surface area contributed by atoms with Crippen LogP contribution in [0, 0.1) is 17.3 Å². The summed E-state index contributed by atoms with van der Waals surface area (Å²) in [6, 6.07) is 0. The molecule has 3 aliphatic rings. The third-order valence-corrected chi connectivity index (χ3v) is 6.87. The molecule has 0 aromatic rings. The SMILES string of the molecule is C/C=C(/C)C(=O)O[C@H]1CC[C@H](C)[C@@]2(C)CC3=C(C)C(=O)O[C@@]3(O)C[C@@H]12. The topological polar surface area (TPSA) is 72.8 Å². The van der Waals surface area contributed by atoms with Crippen LogP contribution in [0.25, 0.3) is 0 Å². The van der Waals surface area contributed by atoms with Crippen molar-refractivity contribution in [1.29, 1.82) is 0 Å². The first-order valence-corrected chi connectivity index (χ1v) is 9.12. The Morgan fingerprint density at radius 2 is 2.08 bits per heavy atom. The maximum absolute atomic E-state index is 12.3. The number of carbonyl (C=O) groups is 2. The lowest BCUT2D eigenvalue weighted by Crippen LogP contribution is -2.55. The zero-order valence-corrected chi connectivity index (χ0v) is 15.7. The molecule has 0 amide bonds. The molecular formula is C20H28O5. The monoisotopic (exact) mass is 348 g/mol. The molecule has 138 valence electrons. The van der Waals surface area contributed by atoms with Crippen molar-refractivity contribution in [3.05, 3.63) is 22.8 Å². The predicted octanol–water partition coefficient (Wildman–Crippen LogP) is 3.27. The van der Waals surface area contributed by atoms with E-state index in [0.717, 1.165) is 12.8 Å². The Labute approximate surface area is 149 Å². The average molecular weight is 348 g/mol. The Balaban J connectivity index is 1.93. The molecule has 3 rings (SSSR count). The van der Waals surface area contributed by atoms with Crippen molar-refractivity contribution in [3.8, 4) is 0 Å². The van der Waals surface area contributed by atoms with E-state index < -0.39 is 11.8 Å². The Morgan fingerprint density at radius 3 is 2.72 bits per heavy atom. The van der Waals surface area contributed by atoms with Gasteiger partial charge in [-0.1, -0.05) is 19.9 Å². The first-order valence-electron chi connectivity index (χ1n) is 9.12. The van der Waals surface area contributed by atoms with Crippen LogP contribution in [0.3, 0.4) is 0 Å². The molecule has 2 saturated carbocycles. The molecule has 2 fully saturated rings. The molecule has 0 aromatic heterocycles. The maximum Gasteiger partial charge on any atom is 0.336 e. The number of hydrogen-bond donors (Lipinski definition) is 1. The summed E-state index contributed by atoms with van der Waals surface area (Å²) in [5.74, 6) is -1.92. The van der Waals surface area contributed by atoms with Crippen LogP contribution in [0.4, 0.5) is 0 Å². The molecule has 1 heterocycles. The Hall–Kier alpha value is -1.62. The fourth-order valence-corrected chi connectivity index (χ4v) is 4.72. The summed E-state index contributed by atoms with van der Waals surface area (Å²) >= 11 is 0. The van der Waals surface area contributed by atoms with Gasteiger partial charge in [-0.3, -0.25) is 0 Å². The summed E-state index contributed by atoms with van der Waals surface area (Å²) in [7, 11) is 0. The van der Waals surface area contributed by atoms with Gasteiger partial charge >= 0.3 is 11.9 Å². The van der Waals surface area contributed by atoms with Gasteiger partial charge in [0.2, 0.25) is 5.79 Å². The minimum Gasteiger partial charge on any atom is -0.459 e. The summed E-state index contributed by atoms with van der Waals surface area (Å²) in [5, 5.41) is 10.9. The molecule has 1 N–H and O–H groups in total. The van der Waals surface area contributed by atoms with Crippen LogP contribution in [-0.4, -0.2) is 28.9 Å². The van der Waals surface area contributed by atoms with Gasteiger partial charge in [0.15, 0.2) is 0 Å². The molecule has 0 spiro atoms. The predicted molar refractivity (Wildman–Crippen MR) is 92.3 cm³/mol. The van der Waals surface area contributed by atoms with Crippen molar-refractivity contribution in [3.63, 3.8) is 0 Å². The van der Waals surface area contributed by atoms with Crippen molar-refractivity contribution in [2.75, 3.05) is 0 Å². The summed E-state index contributed by atoms with van der Waals surface area (Å²) in [6.45, 7) is 9.67. The summed E-state index contributed by atoms with van der Waals surface area (Å²) < 4.78 is 11.1. The number of aliphatic hydroxyl groups is 1. The van der Waals surface area contributed by atoms with E-state index in [0.29, 0.717) is 35.5 Å². The number of ether oxygens (including phenoxy) is 2. The normalized spacial score (nSPS) is 41.1. The highest BCUT2D eigenvalue weighted by molar-refractivity contribution is 5.92. The minimum absolute atomic E-state index is 0.0442. The first-order chi connectivity index (χ1) is 11.6. The largest absolute Gasteiger partial charge is 0.459 e. The van der Waals surface area contributed by atoms with Gasteiger partial charge < -0.3 is 14.6 Å². The van der Waals surface area contributed by atoms with Crippen LogP contribution in [0.2, 0.25) is 0 Å². The number of allylic oxidation sites excluding steroid dienone is 1. The quantitative estimate of drug-likeness (QED) is 0.612. The van der Waals surface area contributed by atoms with E-state index in [1.54, 1.807) is 19.9 Å². The molecule has 25 heavy (non-hydrogen) atoms. The van der Waals surface area contributed by atoms with Crippen LogP contribution >= 0.6 is 0 Å². The van der Waals surface area contributed by atoms with Crippen LogP contribution in [0.5, 0.6) is 0 Å². The highest BCUT2D eigenvalue weighted by Crippen LogP contribution is 2.59. The molecule has 2 aliphatic carbocycles. The molecule has 5 atom stereocenters. The maximum atomic E-state index is 12.3. The van der Waals surface area contributed by atoms with Crippen molar-refractivity contribution in [2.24, 2.45) is 17.3 Å². The molecule has 0 bridgehead atoms. The number of carbonyl (C=O) groups excluding carboxylic acids is 2. The molecule has 0 aromatic carbocycles. The zero-order chi connectivity index (χ0) is 18.6. The van der Waals surface area contributed by atoms with Gasteiger partial charge in [-0.05, 0) is 51.4 Å². The number of hydrogen-bond acceptors (Lipinski definition) is 5. The lowest BCUT2D eigenvalue weighted by atomic mass is 9.53. The Bertz CT molecular complexity index is 676. The Kier molecular flexibility index (Phi) is 4.34. The van der Waals surface area contributed by atoms with Gasteiger partial charge in [-0.15, -0.1) is 0 Å². The van der Waals surface area contributed by atoms with Crippen LogP contribution in [-0.2, 0) is 19.1 Å². The lowest BCUT2D eigenvalue weighted by Gasteiger charge is -2.55. The van der Waals surface area contributed by atoms with Crippen LogP contribution in [0.15, 0.2) is 22.8 Å². The minimum atomic E-state index is -1.54. The van der Waals surface area contributed by atoms with Gasteiger partial charge in [0.25, 0.3) is 0 Å². The van der Waals surface area contributed by atoms with Crippen molar-refractivity contribution < 1.29 is 24.2 Å². The highest BCUT2D eigenvalue weighted by Gasteiger charge is 2.60. The van der Waals surface area contributed by atoms with Gasteiger partial charge in [0.1, 0.15) is 6.10 Å². The summed E-state index contributed by atoms with van der Waals surface area (Å²) in [6.07, 6.45) is 4.09. The summed E-state index contributed by atoms with van der Waals surface area (Å²) in [5.41, 5.74) is 1.68. The second-order valence-corrected chi connectivity index (χ2v) is 8.16. The van der Waals surface area contributed by atoms with E-state index in [1.165, 1.54) is 0 Å². The first kappa shape index (κ1) is 18.2. The van der Waals surface area contributed by atoms with E-state index >= 15 is 0 Å². The number of esters is 2. The standard InChI is InChI=1S/C20H28O5/c1-6-11(2)17(21)24-16-8-7-12(3)19(5)9-14-13(4)18(22)25-20(14,23)10-15(16)19/h6,12,15-16,23H,7-10H2,1-5H3/b11-6-/t12-,15-,16-,19+,20-/m0/s1. The van der Waals surface area contributed by atoms with E-state index in [9.17, 15) is 14.7 Å². The van der Waals surface area contributed by atoms with Crippen LogP contribution < -0.4 is 0 Å². The van der Waals surface area contributed by atoms with Crippen molar-refractivity contribution in [1.82, 2.24) is 0 Å². The summed E-state index contributed by atoms with van der Waals surface area (Å²) in [4.78, 5) is 24.3. The van der Waals surface area contributed by atoms with E-state index in [4.69, 9.17) is 9.47 Å². The van der Waals surface area contributed by atoms with Crippen LogP contribution in [0.1, 0.15) is 60.3 Å². The Morgan fingerprint density at radius 1 is 1.40 bits per heavy atom. The van der Waals surface area contributed by atoms with Gasteiger partial charge in [0.05, 0.1) is 0 Å². The molecular weight excluding hydrogens is 320 g/mol. The van der Waals surface area contributed by atoms with Gasteiger partial charge in [-0.2, -0.15) is 0 Å². The third-order valence-electron chi connectivity index (χ3n) is 6.87. The second kappa shape index (κ2) is 5.97. The smallest absolute Gasteiger partial charge is 0.336 e. The van der Waals surface area contributed by atoms with E-state index in [2.05, 4.69) is 13.8 Å². The van der Waals surface area contributed by atoms with E-state index in [-0.39, 0.29) is 23.4 Å². The molecule has 1 aliphatic heterocycles. The second-order valence-electron chi connectivity index (χ2n) is 8.16. The lowest BCUT2D eigenvalue weighted by molar-refractivity contribution is -0.218. The molecule has 5 nitrogen and oxygen atoms in total. The molecule has 0 saturated heterocycles. The molecule has 0 radical (unpaired) electrons. The number of rotatable bonds is 2. The fraction of sp³-hybridized carbons (Fsp3) is 0.700. The average Bonchev–Trinajstić information content (AvgIpc) is 2.78. The number of fused-ring (bicyclic) bond motifs is 2. The third kappa shape index (κ3) is 2.73. The van der Waals surface area contributed by atoms with Crippen molar-refractivity contribution in [2.45, 2.75) is 72.2 Å². The highest BCUT2D eigenvalue weighted by atomic mass is 16.7. The zero-order valence-electron chi connectivity index (χ0n) is 15.7. The van der Waals surface area contributed by atoms with E-state index in [1.807, 2.05) is 6.92 Å². The molecule has 5 heteroatoms. The van der Waals surface area contributed by atoms with Gasteiger partial charge in [0, 0.05) is 29.1 Å². The van der Waals surface area contributed by atoms with Gasteiger partial charge in [-0.25, -0.2) is 9.59 Å². The fourth-order valence-electron chi connectivity index (χ4n) is 4.72. The van der Waals surface area contributed by atoms with Crippen molar-refractivity contribution >= 4 is 11.9 Å². The molecule has 0 unspecified atom stereocenters.